The highest BCUT2D eigenvalue weighted by Gasteiger charge is 2.21. The van der Waals surface area contributed by atoms with E-state index in [1.54, 1.807) is 6.07 Å². The molecule has 0 amide bonds. The van der Waals surface area contributed by atoms with Crippen LogP contribution in [0.4, 0.5) is 0 Å². The van der Waals surface area contributed by atoms with Gasteiger partial charge in [-0.2, -0.15) is 0 Å². The lowest BCUT2D eigenvalue weighted by Crippen LogP contribution is -2.15. The van der Waals surface area contributed by atoms with Crippen LogP contribution in [-0.2, 0) is 6.42 Å². The minimum Gasteiger partial charge on any atom is -0.410 e. The summed E-state index contributed by atoms with van der Waals surface area (Å²) in [5.74, 6) is 0. The van der Waals surface area contributed by atoms with Crippen molar-refractivity contribution in [3.8, 4) is 0 Å². The molecular formula is C18H18N2O3. The average Bonchev–Trinajstić information content (AvgIpc) is 2.53. The van der Waals surface area contributed by atoms with Crippen molar-refractivity contribution in [2.24, 2.45) is 5.16 Å². The second-order valence-electron chi connectivity index (χ2n) is 5.29. The maximum atomic E-state index is 11.4. The van der Waals surface area contributed by atoms with Crippen molar-refractivity contribution in [3.63, 3.8) is 0 Å². The number of hydrogen-bond donors (Lipinski definition) is 1. The predicted octanol–water partition coefficient (Wildman–Crippen LogP) is 3.99. The fourth-order valence-electron chi connectivity index (χ4n) is 2.30. The maximum absolute atomic E-state index is 11.4. The fraction of sp³-hybridized carbons (Fsp3) is 0.167. The molecule has 1 N–H and O–H groups in total. The highest BCUT2D eigenvalue weighted by atomic mass is 16.6. The molecule has 2 aromatic carbocycles. The van der Waals surface area contributed by atoms with Gasteiger partial charge < -0.3 is 5.21 Å². The summed E-state index contributed by atoms with van der Waals surface area (Å²) in [6.07, 6.45) is 1.64. The number of nitro groups is 1. The summed E-state index contributed by atoms with van der Waals surface area (Å²) < 4.78 is 0. The summed E-state index contributed by atoms with van der Waals surface area (Å²) in [6, 6.07) is 14.9. The molecule has 0 aliphatic heterocycles. The van der Waals surface area contributed by atoms with Crippen LogP contribution < -0.4 is 0 Å². The van der Waals surface area contributed by atoms with Crippen LogP contribution in [0.5, 0.6) is 0 Å². The largest absolute Gasteiger partial charge is 0.410 e. The molecule has 2 rings (SSSR count). The molecule has 0 radical (unpaired) electrons. The molecule has 0 aromatic heterocycles. The second-order valence-corrected chi connectivity index (χ2v) is 5.29. The monoisotopic (exact) mass is 310 g/mol. The summed E-state index contributed by atoms with van der Waals surface area (Å²) in [5, 5.41) is 23.9. The van der Waals surface area contributed by atoms with Gasteiger partial charge >= 0.3 is 0 Å². The van der Waals surface area contributed by atoms with Gasteiger partial charge in [-0.3, -0.25) is 10.1 Å². The van der Waals surface area contributed by atoms with E-state index in [4.69, 9.17) is 0 Å². The molecule has 0 saturated heterocycles. The van der Waals surface area contributed by atoms with Crippen molar-refractivity contribution in [1.29, 1.82) is 0 Å². The summed E-state index contributed by atoms with van der Waals surface area (Å²) in [4.78, 5) is 10.9. The number of nitrogens with zero attached hydrogens (tertiary/aromatic N) is 2. The smallest absolute Gasteiger partial charge is 0.295 e. The highest BCUT2D eigenvalue weighted by molar-refractivity contribution is 6.02. The van der Waals surface area contributed by atoms with Crippen LogP contribution in [0.25, 0.3) is 6.08 Å². The Bertz CT molecular complexity index is 779. The third-order valence-corrected chi connectivity index (χ3v) is 3.71. The Morgan fingerprint density at radius 2 is 1.74 bits per heavy atom. The summed E-state index contributed by atoms with van der Waals surface area (Å²) in [7, 11) is 0. The molecule has 23 heavy (non-hydrogen) atoms. The van der Waals surface area contributed by atoms with Gasteiger partial charge in [-0.25, -0.2) is 0 Å². The Balaban J connectivity index is 2.42. The molecule has 2 aromatic rings. The van der Waals surface area contributed by atoms with Crippen molar-refractivity contribution >= 4 is 11.8 Å². The van der Waals surface area contributed by atoms with E-state index in [0.29, 0.717) is 0 Å². The van der Waals surface area contributed by atoms with Crippen LogP contribution in [0.3, 0.4) is 0 Å². The van der Waals surface area contributed by atoms with Gasteiger partial charge in [0.05, 0.1) is 4.92 Å². The number of oxime groups is 1. The van der Waals surface area contributed by atoms with Crippen LogP contribution in [0.1, 0.15) is 22.3 Å². The quantitative estimate of drug-likeness (QED) is 0.392. The van der Waals surface area contributed by atoms with Crippen molar-refractivity contribution < 1.29 is 10.1 Å². The minimum absolute atomic E-state index is 0.0348. The Kier molecular flexibility index (Phi) is 5.25. The molecule has 0 fully saturated rings. The molecule has 0 atom stereocenters. The van der Waals surface area contributed by atoms with Crippen molar-refractivity contribution in [2.45, 2.75) is 20.3 Å². The van der Waals surface area contributed by atoms with Crippen LogP contribution in [-0.4, -0.2) is 15.8 Å². The van der Waals surface area contributed by atoms with Gasteiger partial charge in [0.15, 0.2) is 5.71 Å². The lowest BCUT2D eigenvalue weighted by Gasteiger charge is -2.06. The number of rotatable bonds is 5. The predicted molar refractivity (Wildman–Crippen MR) is 90.3 cm³/mol. The van der Waals surface area contributed by atoms with Crippen LogP contribution >= 0.6 is 0 Å². The van der Waals surface area contributed by atoms with Crippen molar-refractivity contribution in [3.05, 3.63) is 86.6 Å². The van der Waals surface area contributed by atoms with Crippen molar-refractivity contribution in [1.82, 2.24) is 0 Å². The summed E-state index contributed by atoms with van der Waals surface area (Å²) in [6.45, 7) is 3.79. The standard InChI is InChI=1S/C18H18N2O3/c1-13-7-3-5-9-15(13)11-17(19-21)18(20(22)23)12-16-10-6-4-8-14(16)2/h3-10,12,21H,11H2,1-2H3/b18-12+,19-17-. The zero-order chi connectivity index (χ0) is 16.8. The second kappa shape index (κ2) is 7.35. The van der Waals surface area contributed by atoms with Gasteiger partial charge in [0.25, 0.3) is 5.70 Å². The number of benzene rings is 2. The van der Waals surface area contributed by atoms with Gasteiger partial charge in [-0.15, -0.1) is 0 Å². The lowest BCUT2D eigenvalue weighted by atomic mass is 10.00. The number of hydrogen-bond acceptors (Lipinski definition) is 4. The van der Waals surface area contributed by atoms with Crippen LogP contribution in [0, 0.1) is 24.0 Å². The van der Waals surface area contributed by atoms with E-state index in [0.717, 1.165) is 22.3 Å². The van der Waals surface area contributed by atoms with E-state index < -0.39 is 4.92 Å². The first kappa shape index (κ1) is 16.4. The first-order valence-electron chi connectivity index (χ1n) is 7.20. The summed E-state index contributed by atoms with van der Waals surface area (Å²) >= 11 is 0. The summed E-state index contributed by atoms with van der Waals surface area (Å²) in [5.41, 5.74) is 3.35. The van der Waals surface area contributed by atoms with E-state index in [-0.39, 0.29) is 17.8 Å². The maximum Gasteiger partial charge on any atom is 0.295 e. The van der Waals surface area contributed by atoms with E-state index >= 15 is 0 Å². The molecule has 0 heterocycles. The lowest BCUT2D eigenvalue weighted by molar-refractivity contribution is -0.413. The molecular weight excluding hydrogens is 292 g/mol. The van der Waals surface area contributed by atoms with E-state index in [1.165, 1.54) is 6.08 Å². The normalized spacial score (nSPS) is 12.3. The van der Waals surface area contributed by atoms with E-state index in [9.17, 15) is 15.3 Å². The van der Waals surface area contributed by atoms with Crippen LogP contribution in [0.2, 0.25) is 0 Å². The molecule has 0 aliphatic rings. The molecule has 118 valence electrons. The molecule has 5 nitrogen and oxygen atoms in total. The Labute approximate surface area is 134 Å². The highest BCUT2D eigenvalue weighted by Crippen LogP contribution is 2.17. The molecule has 0 saturated carbocycles. The van der Waals surface area contributed by atoms with E-state index in [2.05, 4.69) is 5.16 Å². The Hall–Kier alpha value is -2.95. The first-order valence-corrected chi connectivity index (χ1v) is 7.20. The fourth-order valence-corrected chi connectivity index (χ4v) is 2.30. The minimum atomic E-state index is -0.514. The molecule has 0 aliphatic carbocycles. The van der Waals surface area contributed by atoms with Gasteiger partial charge in [-0.05, 0) is 36.1 Å². The molecule has 0 spiro atoms. The van der Waals surface area contributed by atoms with Gasteiger partial charge in [-0.1, -0.05) is 53.7 Å². The zero-order valence-electron chi connectivity index (χ0n) is 13.1. The van der Waals surface area contributed by atoms with Gasteiger partial charge in [0.2, 0.25) is 0 Å². The zero-order valence-corrected chi connectivity index (χ0v) is 13.1. The topological polar surface area (TPSA) is 75.7 Å². The van der Waals surface area contributed by atoms with Crippen molar-refractivity contribution in [2.75, 3.05) is 0 Å². The third kappa shape index (κ3) is 4.03. The average molecular weight is 310 g/mol. The van der Waals surface area contributed by atoms with Gasteiger partial charge in [0, 0.05) is 12.5 Å². The van der Waals surface area contributed by atoms with Gasteiger partial charge in [0.1, 0.15) is 0 Å². The Morgan fingerprint density at radius 3 is 2.30 bits per heavy atom. The third-order valence-electron chi connectivity index (χ3n) is 3.71. The Morgan fingerprint density at radius 1 is 1.13 bits per heavy atom. The number of allylic oxidation sites excluding steroid dienone is 1. The molecule has 0 unspecified atom stereocenters. The van der Waals surface area contributed by atoms with Crippen LogP contribution in [0.15, 0.2) is 59.4 Å². The number of aryl methyl sites for hydroxylation is 2. The first-order chi connectivity index (χ1) is 11.0. The molecule has 5 heteroatoms. The van der Waals surface area contributed by atoms with E-state index in [1.807, 2.05) is 56.3 Å². The molecule has 0 bridgehead atoms. The SMILES string of the molecule is Cc1ccccc1/C=C(\C(Cc1ccccc1C)=N/O)[N+](=O)[O-].